The Bertz CT molecular complexity index is 2890. The molecule has 4 fully saturated rings. The van der Waals surface area contributed by atoms with Gasteiger partial charge in [0, 0.05) is 70.6 Å². The van der Waals surface area contributed by atoms with Crippen molar-refractivity contribution < 1.29 is 42.9 Å². The first-order valence-corrected chi connectivity index (χ1v) is 27.0. The van der Waals surface area contributed by atoms with Crippen LogP contribution >= 0.6 is 0 Å². The van der Waals surface area contributed by atoms with Crippen molar-refractivity contribution in [2.24, 2.45) is 23.7 Å². The number of nitrogens with zero attached hydrogens (tertiary/aromatic N) is 1. The van der Waals surface area contributed by atoms with Crippen LogP contribution in [0.4, 0.5) is 0 Å². The van der Waals surface area contributed by atoms with Crippen molar-refractivity contribution >= 4 is 51.6 Å². The van der Waals surface area contributed by atoms with Crippen LogP contribution in [0.15, 0.2) is 121 Å². The van der Waals surface area contributed by atoms with Gasteiger partial charge in [-0.05, 0) is 87.2 Å². The van der Waals surface area contributed by atoms with E-state index in [1.807, 2.05) is 41.0 Å². The zero-order chi connectivity index (χ0) is 52.7. The van der Waals surface area contributed by atoms with Crippen LogP contribution in [0, 0.1) is 23.7 Å². The zero-order valence-corrected chi connectivity index (χ0v) is 44.1. The van der Waals surface area contributed by atoms with Gasteiger partial charge in [-0.1, -0.05) is 167 Å². The van der Waals surface area contributed by atoms with Gasteiger partial charge in [0.05, 0.1) is 11.0 Å². The highest BCUT2D eigenvalue weighted by Crippen LogP contribution is 2.54. The van der Waals surface area contributed by atoms with Crippen molar-refractivity contribution in [2.75, 3.05) is 0 Å². The second-order valence-electron chi connectivity index (χ2n) is 21.5. The summed E-state index contributed by atoms with van der Waals surface area (Å²) in [6.45, 7) is 28.7. The molecule has 4 saturated heterocycles. The second kappa shape index (κ2) is 21.6. The van der Waals surface area contributed by atoms with Crippen molar-refractivity contribution in [1.29, 1.82) is 0 Å². The lowest BCUT2D eigenvalue weighted by atomic mass is 9.73. The van der Waals surface area contributed by atoms with Crippen molar-refractivity contribution in [1.82, 2.24) is 4.57 Å². The maximum atomic E-state index is 14.4. The molecule has 0 saturated carbocycles. The van der Waals surface area contributed by atoms with Gasteiger partial charge < -0.3 is 18.9 Å². The van der Waals surface area contributed by atoms with Crippen molar-refractivity contribution in [3.63, 3.8) is 0 Å². The quantitative estimate of drug-likeness (QED) is 0.0539. The Kier molecular flexibility index (Phi) is 15.2. The highest BCUT2D eigenvalue weighted by molar-refractivity contribution is 6.14. The Morgan fingerprint density at radius 1 is 0.527 bits per heavy atom. The molecule has 0 amide bonds. The minimum Gasteiger partial charge on any atom is -0.454 e. The van der Waals surface area contributed by atoms with E-state index in [1.165, 1.54) is 35.1 Å². The lowest BCUT2D eigenvalue weighted by Gasteiger charge is -2.31. The minimum absolute atomic E-state index is 0.0720. The third-order valence-electron chi connectivity index (χ3n) is 16.7. The van der Waals surface area contributed by atoms with Gasteiger partial charge in [-0.3, -0.25) is 9.36 Å². The second-order valence-corrected chi connectivity index (χ2v) is 21.5. The molecule has 74 heavy (non-hydrogen) atoms. The Morgan fingerprint density at radius 3 is 1.24 bits per heavy atom. The van der Waals surface area contributed by atoms with Gasteiger partial charge in [0.1, 0.15) is 24.4 Å². The number of rotatable bonds is 16. The van der Waals surface area contributed by atoms with Crippen LogP contribution in [0.2, 0.25) is 0 Å². The molecule has 8 unspecified atom stereocenters. The Morgan fingerprint density at radius 2 is 0.892 bits per heavy atom. The molecule has 1 aliphatic carbocycles. The van der Waals surface area contributed by atoms with Crippen LogP contribution < -0.4 is 0 Å². The van der Waals surface area contributed by atoms with Crippen LogP contribution in [-0.4, -0.2) is 34.4 Å². The predicted octanol–water partition coefficient (Wildman–Crippen LogP) is 15.1. The van der Waals surface area contributed by atoms with E-state index in [9.17, 15) is 24.0 Å². The third kappa shape index (κ3) is 9.84. The van der Waals surface area contributed by atoms with Gasteiger partial charge in [-0.2, -0.15) is 0 Å². The average molecular weight is 998 g/mol. The largest absolute Gasteiger partial charge is 0.454 e. The molecule has 4 aromatic carbocycles. The fourth-order valence-electron chi connectivity index (χ4n) is 11.9. The molecule has 0 radical (unpaired) electrons. The molecule has 10 rings (SSSR count). The summed E-state index contributed by atoms with van der Waals surface area (Å²) in [6.07, 6.45) is 8.98. The van der Waals surface area contributed by atoms with Gasteiger partial charge in [-0.15, -0.1) is 0 Å². The molecule has 386 valence electrons. The first-order valence-electron chi connectivity index (χ1n) is 27.0. The van der Waals surface area contributed by atoms with E-state index in [-0.39, 0.29) is 59.7 Å². The number of aromatic nitrogens is 1. The summed E-state index contributed by atoms with van der Waals surface area (Å²) in [5.41, 5.74) is 12.5. The topological polar surface area (TPSA) is 127 Å². The normalized spacial score (nSPS) is 22.8. The Balaban J connectivity index is 0.000000182. The van der Waals surface area contributed by atoms with Crippen LogP contribution in [0.3, 0.4) is 0 Å². The molecule has 5 aromatic rings. The number of carbonyl (C=O) groups excluding carboxylic acids is 5. The summed E-state index contributed by atoms with van der Waals surface area (Å²) in [6, 6.07) is 25.0. The number of hydrogen-bond acceptors (Lipinski definition) is 9. The lowest BCUT2D eigenvalue weighted by Crippen LogP contribution is -2.27. The molecule has 10 nitrogen and oxygen atoms in total. The Labute approximate surface area is 435 Å². The molecule has 0 spiro atoms. The number of unbranched alkanes of at least 4 members (excludes halogenated alkanes) is 2. The van der Waals surface area contributed by atoms with Gasteiger partial charge in [0.2, 0.25) is 5.91 Å². The monoisotopic (exact) mass is 998 g/mol. The van der Waals surface area contributed by atoms with Crippen molar-refractivity contribution in [3.05, 3.63) is 155 Å². The summed E-state index contributed by atoms with van der Waals surface area (Å²) in [5, 5.41) is 1.91. The standard InChI is InChI=1S/C32H35NO5.C32H36O4/c1-6-8-9-23(18(3)7-2)30(34)33-26-16-21(28-14-19(4)31(35)37-28)10-12-24(26)25-13-11-22(17-27(25)33)29-15-20(5)32(36)38-29;1-6-8-9-23(18(3)7-2)30-26-16-21(28-14-19(4)31(33)35-28)10-12-24(26)25-13-11-22(17-27(25)30)29-15-20(5)32(34)36-29/h10-13,16-18,23,28-29H,4-9,14-15H2,1-3H3;10-13,16-18,23,28-30H,4-9,14-15H2,1-3H3. The summed E-state index contributed by atoms with van der Waals surface area (Å²) in [4.78, 5) is 62.5. The summed E-state index contributed by atoms with van der Waals surface area (Å²) in [5.74, 6) is 0.130. The van der Waals surface area contributed by atoms with Crippen LogP contribution in [0.5, 0.6) is 0 Å². The molecular weight excluding hydrogens is 927 g/mol. The van der Waals surface area contributed by atoms with Gasteiger partial charge >= 0.3 is 23.9 Å². The first-order chi connectivity index (χ1) is 35.5. The number of ether oxygens (including phenoxy) is 4. The molecule has 4 aliphatic heterocycles. The van der Waals surface area contributed by atoms with Gasteiger partial charge in [-0.25, -0.2) is 19.2 Å². The number of carbonyl (C=O) groups is 5. The number of esters is 4. The van der Waals surface area contributed by atoms with Crippen molar-refractivity contribution in [3.8, 4) is 11.1 Å². The van der Waals surface area contributed by atoms with E-state index in [0.717, 1.165) is 82.6 Å². The summed E-state index contributed by atoms with van der Waals surface area (Å²) in [7, 11) is 0. The molecule has 0 N–H and O–H groups in total. The zero-order valence-electron chi connectivity index (χ0n) is 44.1. The lowest BCUT2D eigenvalue weighted by molar-refractivity contribution is -0.140. The first kappa shape index (κ1) is 52.1. The molecule has 8 atom stereocenters. The van der Waals surface area contributed by atoms with E-state index >= 15 is 0 Å². The van der Waals surface area contributed by atoms with E-state index < -0.39 is 12.2 Å². The summed E-state index contributed by atoms with van der Waals surface area (Å²) < 4.78 is 24.2. The van der Waals surface area contributed by atoms with Crippen LogP contribution in [0.25, 0.3) is 32.9 Å². The molecule has 5 aliphatic rings. The smallest absolute Gasteiger partial charge is 0.334 e. The van der Waals surface area contributed by atoms with E-state index in [0.29, 0.717) is 59.8 Å². The fraction of sp³-hybridized carbons (Fsp3) is 0.422. The number of benzene rings is 4. The highest BCUT2D eigenvalue weighted by Gasteiger charge is 2.40. The molecular formula is C64H71NO9. The maximum absolute atomic E-state index is 14.4. The Hall–Kier alpha value is -6.81. The number of cyclic esters (lactones) is 4. The third-order valence-corrected chi connectivity index (χ3v) is 16.7. The van der Waals surface area contributed by atoms with E-state index in [4.69, 9.17) is 18.9 Å². The molecule has 1 aromatic heterocycles. The van der Waals surface area contributed by atoms with Crippen molar-refractivity contribution in [2.45, 2.75) is 149 Å². The predicted molar refractivity (Wildman–Crippen MR) is 289 cm³/mol. The SMILES string of the molecule is C=C1CC(c2ccc3c(c2)C(C(CCCC)C(C)CC)c2cc(C4CC(=C)C(=O)O4)ccc2-3)OC1=O.C=C1CC(c2ccc3c4ccc(C5CC(=C)C(=O)O5)cc4n(C(=O)C(CCCC)C(C)CC)c3c2)OC1=O. The maximum Gasteiger partial charge on any atom is 0.334 e. The molecule has 10 heteroatoms. The van der Waals surface area contributed by atoms with E-state index in [2.05, 4.69) is 104 Å². The fourth-order valence-corrected chi connectivity index (χ4v) is 11.9. The number of hydrogen-bond donors (Lipinski definition) is 0. The highest BCUT2D eigenvalue weighted by atomic mass is 16.6. The van der Waals surface area contributed by atoms with E-state index in [1.54, 1.807) is 0 Å². The number of fused-ring (bicyclic) bond motifs is 6. The molecule has 5 heterocycles. The average Bonchev–Trinajstić information content (AvgIpc) is 4.25. The van der Waals surface area contributed by atoms with Gasteiger partial charge in [0.15, 0.2) is 0 Å². The van der Waals surface area contributed by atoms with Gasteiger partial charge in [0.25, 0.3) is 0 Å². The minimum atomic E-state index is -0.411. The summed E-state index contributed by atoms with van der Waals surface area (Å²) >= 11 is 0. The van der Waals surface area contributed by atoms with Crippen LogP contribution in [-0.2, 0) is 38.1 Å². The van der Waals surface area contributed by atoms with Crippen LogP contribution in [0.1, 0.15) is 187 Å². The molecule has 0 bridgehead atoms.